The number of likely N-dealkylation sites (tertiary alicyclic amines) is 1. The van der Waals surface area contributed by atoms with Gasteiger partial charge in [0.1, 0.15) is 12.1 Å². The number of alkyl halides is 1. The van der Waals surface area contributed by atoms with E-state index in [1.165, 1.54) is 50.8 Å². The molecule has 1 aromatic carbocycles. The molecule has 1 saturated heterocycles. The minimum absolute atomic E-state index is 0.0468. The van der Waals surface area contributed by atoms with Gasteiger partial charge in [-0.3, -0.25) is 14.4 Å². The molecule has 4 rings (SSSR count). The summed E-state index contributed by atoms with van der Waals surface area (Å²) in [7, 11) is 1.87. The van der Waals surface area contributed by atoms with Gasteiger partial charge in [-0.05, 0) is 90.1 Å². The Hall–Kier alpha value is -2.30. The van der Waals surface area contributed by atoms with Crippen molar-refractivity contribution >= 4 is 41.2 Å². The molecule has 2 atom stereocenters. The molecule has 1 aromatic heterocycles. The van der Waals surface area contributed by atoms with E-state index in [9.17, 15) is 18.8 Å². The summed E-state index contributed by atoms with van der Waals surface area (Å²) in [6.45, 7) is 9.87. The number of hydrogen-bond acceptors (Lipinski definition) is 7. The van der Waals surface area contributed by atoms with Crippen LogP contribution in [-0.4, -0.2) is 69.8 Å². The lowest BCUT2D eigenvalue weighted by Crippen LogP contribution is -2.57. The van der Waals surface area contributed by atoms with Crippen LogP contribution < -0.4 is 10.6 Å². The van der Waals surface area contributed by atoms with Crippen molar-refractivity contribution < 1.29 is 18.8 Å². The molecule has 0 bridgehead atoms. The third-order valence-corrected chi connectivity index (χ3v) is 10.8. The number of nitrogens with zero attached hydrogens (tertiary/aromatic N) is 2. The number of carbonyl (C=O) groups excluding carboxylic acids is 3. The number of aldehydes is 1. The van der Waals surface area contributed by atoms with Gasteiger partial charge in [0.25, 0.3) is 0 Å². The largest absolute Gasteiger partial charge is 0.350 e. The molecular weight excluding hydrogens is 584 g/mol. The average molecular weight is 633 g/mol. The number of benzene rings is 1. The topological polar surface area (TPSA) is 91.4 Å². The van der Waals surface area contributed by atoms with E-state index in [1.54, 1.807) is 11.3 Å². The molecule has 1 saturated carbocycles. The summed E-state index contributed by atoms with van der Waals surface area (Å²) in [4.78, 5) is 43.7. The van der Waals surface area contributed by atoms with Crippen LogP contribution >= 0.6 is 23.1 Å². The zero-order valence-corrected chi connectivity index (χ0v) is 28.2. The third kappa shape index (κ3) is 10.4. The van der Waals surface area contributed by atoms with Gasteiger partial charge in [0.2, 0.25) is 11.8 Å². The molecule has 2 aliphatic rings. The number of aryl methyl sites for hydroxylation is 1. The standard InChI is InChI=1S/C29H42N4O2S2.C4H7FO/c1-20-25(36-19-32-20)23-14-12-21(13-15-23)17-31-27(34)24-11-8-16-33(24)28(35)26(30-4)29(2,3)37-18-22-9-6-5-7-10-22;1-4(2,5)3-6/h12-15,19,22,24,26,30H,5-11,16-18H2,1-4H3,(H,31,34);3H,1-2H3/t24-,26+;/m0./s1. The zero-order chi connectivity index (χ0) is 31.6. The molecule has 1 aliphatic carbocycles. The van der Waals surface area contributed by atoms with E-state index in [0.29, 0.717) is 19.5 Å². The number of amides is 2. The van der Waals surface area contributed by atoms with E-state index in [1.807, 2.05) is 36.1 Å². The lowest BCUT2D eigenvalue weighted by molar-refractivity contribution is -0.140. The van der Waals surface area contributed by atoms with Gasteiger partial charge in [-0.1, -0.05) is 43.5 Å². The van der Waals surface area contributed by atoms with Crippen LogP contribution in [0.3, 0.4) is 0 Å². The van der Waals surface area contributed by atoms with Crippen molar-refractivity contribution in [1.29, 1.82) is 0 Å². The Balaban J connectivity index is 0.000000765. The molecule has 2 heterocycles. The molecule has 43 heavy (non-hydrogen) atoms. The first-order valence-electron chi connectivity index (χ1n) is 15.4. The van der Waals surface area contributed by atoms with E-state index >= 15 is 0 Å². The van der Waals surface area contributed by atoms with E-state index in [-0.39, 0.29) is 28.9 Å². The molecule has 2 amide bonds. The predicted molar refractivity (Wildman–Crippen MR) is 176 cm³/mol. The number of carbonyl (C=O) groups is 3. The van der Waals surface area contributed by atoms with Crippen molar-refractivity contribution in [2.75, 3.05) is 19.3 Å². The first kappa shape index (κ1) is 35.2. The molecule has 0 radical (unpaired) electrons. The van der Waals surface area contributed by atoms with Crippen molar-refractivity contribution in [3.63, 3.8) is 0 Å². The number of rotatable bonds is 11. The Morgan fingerprint density at radius 2 is 1.77 bits per heavy atom. The van der Waals surface area contributed by atoms with Crippen molar-refractivity contribution in [2.24, 2.45) is 5.92 Å². The minimum Gasteiger partial charge on any atom is -0.350 e. The van der Waals surface area contributed by atoms with Gasteiger partial charge >= 0.3 is 0 Å². The van der Waals surface area contributed by atoms with E-state index in [2.05, 4.69) is 53.7 Å². The number of aromatic nitrogens is 1. The fraction of sp³-hybridized carbons (Fsp3) is 0.636. The van der Waals surface area contributed by atoms with Gasteiger partial charge in [-0.15, -0.1) is 11.3 Å². The molecular formula is C33H49FN4O3S2. The summed E-state index contributed by atoms with van der Waals surface area (Å²) >= 11 is 3.55. The second kappa shape index (κ2) is 16.1. The highest BCUT2D eigenvalue weighted by atomic mass is 32.2. The fourth-order valence-corrected chi connectivity index (χ4v) is 7.86. The average Bonchev–Trinajstić information content (AvgIpc) is 3.65. The molecule has 0 spiro atoms. The van der Waals surface area contributed by atoms with Crippen LogP contribution in [0.5, 0.6) is 0 Å². The second-order valence-corrected chi connectivity index (χ2v) is 15.2. The van der Waals surface area contributed by atoms with Crippen molar-refractivity contribution in [2.45, 2.75) is 109 Å². The van der Waals surface area contributed by atoms with Crippen LogP contribution in [0.15, 0.2) is 29.8 Å². The maximum atomic E-state index is 13.7. The van der Waals surface area contributed by atoms with Gasteiger partial charge in [-0.25, -0.2) is 9.37 Å². The van der Waals surface area contributed by atoms with Gasteiger partial charge in [0.15, 0.2) is 12.0 Å². The van der Waals surface area contributed by atoms with Crippen LogP contribution in [0.25, 0.3) is 10.4 Å². The smallest absolute Gasteiger partial charge is 0.243 e. The Morgan fingerprint density at radius 3 is 2.33 bits per heavy atom. The first-order chi connectivity index (χ1) is 20.4. The summed E-state index contributed by atoms with van der Waals surface area (Å²) in [6.07, 6.45) is 8.49. The Morgan fingerprint density at radius 1 is 1.12 bits per heavy atom. The molecule has 238 valence electrons. The number of likely N-dealkylation sites (N-methyl/N-ethyl adjacent to an activating group) is 1. The Bertz CT molecular complexity index is 1190. The fourth-order valence-electron chi connectivity index (χ4n) is 5.67. The van der Waals surface area contributed by atoms with Crippen molar-refractivity contribution in [3.8, 4) is 10.4 Å². The summed E-state index contributed by atoms with van der Waals surface area (Å²) in [5.74, 6) is 1.85. The number of thiazole rings is 1. The van der Waals surface area contributed by atoms with Crippen LogP contribution in [-0.2, 0) is 20.9 Å². The molecule has 2 fully saturated rings. The number of halogens is 1. The van der Waals surface area contributed by atoms with E-state index < -0.39 is 11.7 Å². The van der Waals surface area contributed by atoms with Gasteiger partial charge in [0, 0.05) is 17.8 Å². The van der Waals surface area contributed by atoms with Crippen LogP contribution in [0.2, 0.25) is 0 Å². The first-order valence-corrected chi connectivity index (χ1v) is 17.3. The Labute approximate surface area is 265 Å². The molecule has 7 nitrogen and oxygen atoms in total. The van der Waals surface area contributed by atoms with Crippen molar-refractivity contribution in [1.82, 2.24) is 20.5 Å². The van der Waals surface area contributed by atoms with Crippen LogP contribution in [0, 0.1) is 12.8 Å². The number of nitrogens with one attached hydrogen (secondary N) is 2. The highest BCUT2D eigenvalue weighted by Crippen LogP contribution is 2.36. The van der Waals surface area contributed by atoms with Gasteiger partial charge in [0.05, 0.1) is 16.1 Å². The molecule has 10 heteroatoms. The zero-order valence-electron chi connectivity index (χ0n) is 26.6. The number of thioether (sulfide) groups is 1. The lowest BCUT2D eigenvalue weighted by atomic mass is 9.91. The summed E-state index contributed by atoms with van der Waals surface area (Å²) in [6, 6.07) is 7.54. The summed E-state index contributed by atoms with van der Waals surface area (Å²) < 4.78 is 11.5. The summed E-state index contributed by atoms with van der Waals surface area (Å²) in [5.41, 5.74) is 3.45. The van der Waals surface area contributed by atoms with E-state index in [0.717, 1.165) is 34.9 Å². The second-order valence-electron chi connectivity index (χ2n) is 12.7. The maximum absolute atomic E-state index is 13.7. The van der Waals surface area contributed by atoms with Gasteiger partial charge < -0.3 is 15.5 Å². The molecule has 1 aliphatic heterocycles. The highest BCUT2D eigenvalue weighted by Gasteiger charge is 2.42. The Kier molecular flexibility index (Phi) is 13.2. The van der Waals surface area contributed by atoms with Crippen LogP contribution in [0.1, 0.15) is 83.9 Å². The van der Waals surface area contributed by atoms with Gasteiger partial charge in [-0.2, -0.15) is 11.8 Å². The lowest BCUT2D eigenvalue weighted by Gasteiger charge is -2.37. The molecule has 0 unspecified atom stereocenters. The highest BCUT2D eigenvalue weighted by molar-refractivity contribution is 8.00. The maximum Gasteiger partial charge on any atom is 0.243 e. The monoisotopic (exact) mass is 632 g/mol. The normalized spacial score (nSPS) is 18.5. The molecule has 2 N–H and O–H groups in total. The SMILES string of the molecule is CC(C)(F)C=O.CN[C@H](C(=O)N1CCC[C@H]1C(=O)NCc1ccc(-c2scnc2C)cc1)C(C)(C)SCC1CCCCC1. The quantitative estimate of drug-likeness (QED) is 0.281. The number of hydrogen-bond donors (Lipinski definition) is 2. The van der Waals surface area contributed by atoms with Crippen molar-refractivity contribution in [3.05, 3.63) is 41.0 Å². The molecule has 2 aromatic rings. The summed E-state index contributed by atoms with van der Waals surface area (Å²) in [5, 5.41) is 6.38. The van der Waals surface area contributed by atoms with Crippen LogP contribution in [0.4, 0.5) is 4.39 Å². The predicted octanol–water partition coefficient (Wildman–Crippen LogP) is 6.34. The van der Waals surface area contributed by atoms with E-state index in [4.69, 9.17) is 0 Å². The minimum atomic E-state index is -1.64. The third-order valence-electron chi connectivity index (χ3n) is 8.19.